The molecule has 0 unspecified atom stereocenters. The molecule has 0 spiro atoms. The minimum atomic E-state index is 0.822. The van der Waals surface area contributed by atoms with Gasteiger partial charge in [-0.05, 0) is 31.9 Å². The molecule has 15 heavy (non-hydrogen) atoms. The van der Waals surface area contributed by atoms with Crippen LogP contribution < -0.4 is 4.90 Å². The van der Waals surface area contributed by atoms with Gasteiger partial charge in [-0.1, -0.05) is 0 Å². The summed E-state index contributed by atoms with van der Waals surface area (Å²) >= 11 is 0. The van der Waals surface area contributed by atoms with Crippen LogP contribution in [0.1, 0.15) is 18.5 Å². The van der Waals surface area contributed by atoms with Crippen LogP contribution in [0.25, 0.3) is 5.65 Å². The molecule has 0 radical (unpaired) electrons. The van der Waals surface area contributed by atoms with E-state index in [-0.39, 0.29) is 0 Å². The van der Waals surface area contributed by atoms with Crippen molar-refractivity contribution < 1.29 is 0 Å². The van der Waals surface area contributed by atoms with E-state index in [4.69, 9.17) is 0 Å². The van der Waals surface area contributed by atoms with Crippen LogP contribution in [-0.4, -0.2) is 32.9 Å². The molecule has 1 fully saturated rings. The van der Waals surface area contributed by atoms with Crippen LogP contribution in [0.4, 0.5) is 5.95 Å². The van der Waals surface area contributed by atoms with Gasteiger partial charge in [-0.3, -0.25) is 0 Å². The average molecular weight is 203 g/mol. The second-order valence-corrected chi connectivity index (χ2v) is 3.94. The lowest BCUT2D eigenvalue weighted by atomic mass is 10.4. The van der Waals surface area contributed by atoms with E-state index in [2.05, 4.69) is 20.2 Å². The molecule has 1 saturated heterocycles. The Balaban J connectivity index is 2.13. The van der Waals surface area contributed by atoms with Gasteiger partial charge in [0.2, 0.25) is 5.95 Å². The minimum Gasteiger partial charge on any atom is -0.339 e. The predicted octanol–water partition coefficient (Wildman–Crippen LogP) is 1.03. The molecule has 3 rings (SSSR count). The number of anilines is 1. The van der Waals surface area contributed by atoms with E-state index in [9.17, 15) is 0 Å². The second-order valence-electron chi connectivity index (χ2n) is 3.94. The summed E-state index contributed by atoms with van der Waals surface area (Å²) in [4.78, 5) is 2.24. The van der Waals surface area contributed by atoms with Gasteiger partial charge in [-0.15, -0.1) is 10.2 Å². The Kier molecular flexibility index (Phi) is 1.83. The Bertz CT molecular complexity index is 484. The van der Waals surface area contributed by atoms with Crippen molar-refractivity contribution in [3.05, 3.63) is 17.8 Å². The highest BCUT2D eigenvalue weighted by Crippen LogP contribution is 2.17. The largest absolute Gasteiger partial charge is 0.339 e. The molecule has 2 aromatic rings. The van der Waals surface area contributed by atoms with Gasteiger partial charge in [0, 0.05) is 13.1 Å². The molecule has 1 aliphatic rings. The quantitative estimate of drug-likeness (QED) is 0.694. The van der Waals surface area contributed by atoms with E-state index >= 15 is 0 Å². The fourth-order valence-corrected chi connectivity index (χ4v) is 1.98. The average Bonchev–Trinajstić information content (AvgIpc) is 2.83. The van der Waals surface area contributed by atoms with Gasteiger partial charge < -0.3 is 4.90 Å². The van der Waals surface area contributed by atoms with E-state index < -0.39 is 0 Å². The molecule has 1 aliphatic heterocycles. The van der Waals surface area contributed by atoms with E-state index in [1.165, 1.54) is 12.8 Å². The lowest BCUT2D eigenvalue weighted by Crippen LogP contribution is -2.21. The van der Waals surface area contributed by atoms with E-state index in [1.807, 2.05) is 23.6 Å². The van der Waals surface area contributed by atoms with Gasteiger partial charge in [0.1, 0.15) is 0 Å². The zero-order valence-electron chi connectivity index (χ0n) is 8.72. The standard InChI is InChI=1S/C10H13N5/c1-8-4-5-9-11-12-10(15(9)13-8)14-6-2-3-7-14/h4-5H,2-3,6-7H2,1H3. The van der Waals surface area contributed by atoms with Crippen molar-refractivity contribution in [3.63, 3.8) is 0 Å². The lowest BCUT2D eigenvalue weighted by molar-refractivity contribution is 0.821. The molecule has 0 bridgehead atoms. The Morgan fingerprint density at radius 2 is 1.93 bits per heavy atom. The van der Waals surface area contributed by atoms with Crippen molar-refractivity contribution in [2.24, 2.45) is 0 Å². The summed E-state index contributed by atoms with van der Waals surface area (Å²) in [6, 6.07) is 3.91. The highest BCUT2D eigenvalue weighted by molar-refractivity contribution is 5.45. The summed E-state index contributed by atoms with van der Waals surface area (Å²) in [5.41, 5.74) is 1.81. The molecular formula is C10H13N5. The molecule has 78 valence electrons. The summed E-state index contributed by atoms with van der Waals surface area (Å²) in [5, 5.41) is 12.7. The number of hydrogen-bond donors (Lipinski definition) is 0. The third-order valence-electron chi connectivity index (χ3n) is 2.77. The summed E-state index contributed by atoms with van der Waals surface area (Å²) in [7, 11) is 0. The SMILES string of the molecule is Cc1ccc2nnc(N3CCCC3)n2n1. The second kappa shape index (κ2) is 3.18. The van der Waals surface area contributed by atoms with Gasteiger partial charge in [0.05, 0.1) is 5.69 Å². The number of nitrogens with zero attached hydrogens (tertiary/aromatic N) is 5. The van der Waals surface area contributed by atoms with E-state index in [0.717, 1.165) is 30.4 Å². The monoisotopic (exact) mass is 203 g/mol. The summed E-state index contributed by atoms with van der Waals surface area (Å²) in [5.74, 6) is 0.881. The molecule has 3 heterocycles. The van der Waals surface area contributed by atoms with Crippen molar-refractivity contribution in [1.29, 1.82) is 0 Å². The topological polar surface area (TPSA) is 46.3 Å². The number of fused-ring (bicyclic) bond motifs is 1. The summed E-state index contributed by atoms with van der Waals surface area (Å²) < 4.78 is 1.83. The summed E-state index contributed by atoms with van der Waals surface area (Å²) in [6.45, 7) is 4.11. The molecule has 5 nitrogen and oxygen atoms in total. The molecule has 0 amide bonds. The van der Waals surface area contributed by atoms with Gasteiger partial charge >= 0.3 is 0 Å². The Hall–Kier alpha value is -1.65. The first kappa shape index (κ1) is 8.64. The highest BCUT2D eigenvalue weighted by atomic mass is 15.5. The predicted molar refractivity (Wildman–Crippen MR) is 57.0 cm³/mol. The molecule has 2 aromatic heterocycles. The molecule has 0 atom stereocenters. The number of hydrogen-bond acceptors (Lipinski definition) is 4. The van der Waals surface area contributed by atoms with Crippen LogP contribution >= 0.6 is 0 Å². The van der Waals surface area contributed by atoms with Crippen LogP contribution in [0.2, 0.25) is 0 Å². The van der Waals surface area contributed by atoms with Gasteiger partial charge in [-0.25, -0.2) is 0 Å². The number of rotatable bonds is 1. The van der Waals surface area contributed by atoms with Crippen LogP contribution in [0, 0.1) is 6.92 Å². The van der Waals surface area contributed by atoms with Crippen molar-refractivity contribution in [3.8, 4) is 0 Å². The van der Waals surface area contributed by atoms with Crippen LogP contribution in [-0.2, 0) is 0 Å². The van der Waals surface area contributed by atoms with Crippen molar-refractivity contribution >= 4 is 11.6 Å². The first-order valence-electron chi connectivity index (χ1n) is 5.28. The Morgan fingerprint density at radius 3 is 2.73 bits per heavy atom. The van der Waals surface area contributed by atoms with Gasteiger partial charge in [0.15, 0.2) is 5.65 Å². The first-order valence-corrected chi connectivity index (χ1v) is 5.28. The lowest BCUT2D eigenvalue weighted by Gasteiger charge is -2.13. The maximum absolute atomic E-state index is 4.43. The van der Waals surface area contributed by atoms with Crippen LogP contribution in [0.15, 0.2) is 12.1 Å². The Labute approximate surface area is 87.7 Å². The van der Waals surface area contributed by atoms with Crippen molar-refractivity contribution in [1.82, 2.24) is 19.8 Å². The third kappa shape index (κ3) is 1.35. The molecule has 0 saturated carbocycles. The van der Waals surface area contributed by atoms with Gasteiger partial charge in [-0.2, -0.15) is 9.61 Å². The molecule has 0 aromatic carbocycles. The normalized spacial score (nSPS) is 16.5. The summed E-state index contributed by atoms with van der Waals surface area (Å²) in [6.07, 6.45) is 2.47. The van der Waals surface area contributed by atoms with Crippen molar-refractivity contribution in [2.45, 2.75) is 19.8 Å². The smallest absolute Gasteiger partial charge is 0.248 e. The van der Waals surface area contributed by atoms with E-state index in [0.29, 0.717) is 0 Å². The third-order valence-corrected chi connectivity index (χ3v) is 2.77. The molecule has 0 aliphatic carbocycles. The number of aromatic nitrogens is 4. The van der Waals surface area contributed by atoms with Crippen molar-refractivity contribution in [2.75, 3.05) is 18.0 Å². The highest BCUT2D eigenvalue weighted by Gasteiger charge is 2.18. The fraction of sp³-hybridized carbons (Fsp3) is 0.500. The van der Waals surface area contributed by atoms with E-state index in [1.54, 1.807) is 0 Å². The Morgan fingerprint density at radius 1 is 1.13 bits per heavy atom. The maximum Gasteiger partial charge on any atom is 0.248 e. The van der Waals surface area contributed by atoms with Crippen LogP contribution in [0.3, 0.4) is 0 Å². The maximum atomic E-state index is 4.43. The van der Waals surface area contributed by atoms with Crippen LogP contribution in [0.5, 0.6) is 0 Å². The molecule has 5 heteroatoms. The fourth-order valence-electron chi connectivity index (χ4n) is 1.98. The van der Waals surface area contributed by atoms with Gasteiger partial charge in [0.25, 0.3) is 0 Å². The minimum absolute atomic E-state index is 0.822. The zero-order valence-corrected chi connectivity index (χ0v) is 8.72. The zero-order chi connectivity index (χ0) is 10.3. The molecular weight excluding hydrogens is 190 g/mol. The first-order chi connectivity index (χ1) is 7.34. The number of aryl methyl sites for hydroxylation is 1. The molecule has 0 N–H and O–H groups in total.